The third-order valence-corrected chi connectivity index (χ3v) is 7.63. The Bertz CT molecular complexity index is 1640. The molecule has 3 aromatic heterocycles. The number of nitrogens with zero attached hydrogens (tertiary/aromatic N) is 4. The Kier molecular flexibility index (Phi) is 7.19. The summed E-state index contributed by atoms with van der Waals surface area (Å²) in [6.45, 7) is 0.179. The molecule has 2 N–H and O–H groups in total. The van der Waals surface area contributed by atoms with Crippen molar-refractivity contribution in [2.45, 2.75) is 50.5 Å². The number of Topliss-reactive ketones (excluding diaryl/α,β-unsaturated/α-hetero) is 2. The Balaban J connectivity index is 1.09. The normalized spacial score (nSPS) is 22.3. The van der Waals surface area contributed by atoms with Gasteiger partial charge in [0.05, 0.1) is 35.7 Å². The molecule has 42 heavy (non-hydrogen) atoms. The first-order valence-electron chi connectivity index (χ1n) is 13.3. The third kappa shape index (κ3) is 5.46. The Hall–Kier alpha value is -4.30. The number of carbonyl (C=O) groups is 2. The number of aliphatic hydroxyl groups excluding tert-OH is 1. The monoisotopic (exact) mass is 586 g/mol. The number of aromatic hydroxyl groups is 1. The van der Waals surface area contributed by atoms with E-state index in [4.69, 9.17) is 9.47 Å². The van der Waals surface area contributed by atoms with Crippen LogP contribution in [-0.4, -0.2) is 60.1 Å². The van der Waals surface area contributed by atoms with Gasteiger partial charge in [-0.05, 0) is 36.8 Å². The van der Waals surface area contributed by atoms with E-state index in [1.807, 2.05) is 0 Å². The van der Waals surface area contributed by atoms with Gasteiger partial charge in [0.25, 0.3) is 5.88 Å². The van der Waals surface area contributed by atoms with Gasteiger partial charge in [-0.25, -0.2) is 9.97 Å². The highest BCUT2D eigenvalue weighted by Crippen LogP contribution is 2.41. The molecular weight excluding hydrogens is 561 g/mol. The molecule has 4 aromatic rings. The van der Waals surface area contributed by atoms with Gasteiger partial charge in [0.15, 0.2) is 17.3 Å². The highest BCUT2D eigenvalue weighted by atomic mass is 19.4. The molecule has 2 atom stereocenters. The molecule has 0 amide bonds. The van der Waals surface area contributed by atoms with E-state index in [1.54, 1.807) is 0 Å². The Morgan fingerprint density at radius 1 is 1.12 bits per heavy atom. The van der Waals surface area contributed by atoms with Crippen molar-refractivity contribution < 1.29 is 47.0 Å². The van der Waals surface area contributed by atoms with Crippen molar-refractivity contribution in [1.82, 2.24) is 19.5 Å². The standard InChI is InChI=1S/C28H25F3N4O7/c29-28(30,31)25-19(13-41-34-25)20-11-33-26-27(32-3-4-35(20)26)42-17-1-2-18(22(38)10-17)21(37)7-14-5-15(6-14)8-23(39)24-9-16(36)12-40-24/h1-4,10-11,13-16,24,36,38H,5-9,12H2/t14?,15?,16-,24+/m1/s1. The van der Waals surface area contributed by atoms with E-state index >= 15 is 0 Å². The van der Waals surface area contributed by atoms with Crippen LogP contribution in [0.5, 0.6) is 17.4 Å². The zero-order valence-electron chi connectivity index (χ0n) is 22.0. The maximum atomic E-state index is 13.3. The molecule has 2 fully saturated rings. The maximum Gasteiger partial charge on any atom is 0.437 e. The number of ketones is 2. The molecular formula is C28H25F3N4O7. The number of aliphatic hydroxyl groups is 1. The first-order valence-corrected chi connectivity index (χ1v) is 13.3. The van der Waals surface area contributed by atoms with E-state index < -0.39 is 24.1 Å². The predicted molar refractivity (Wildman–Crippen MR) is 137 cm³/mol. The molecule has 11 nitrogen and oxygen atoms in total. The van der Waals surface area contributed by atoms with Crippen LogP contribution in [-0.2, 0) is 15.7 Å². The summed E-state index contributed by atoms with van der Waals surface area (Å²) < 4.78 is 57.0. The summed E-state index contributed by atoms with van der Waals surface area (Å²) in [7, 11) is 0. The molecule has 1 saturated carbocycles. The zero-order chi connectivity index (χ0) is 29.6. The maximum absolute atomic E-state index is 13.3. The zero-order valence-corrected chi connectivity index (χ0v) is 22.0. The summed E-state index contributed by atoms with van der Waals surface area (Å²) in [5.74, 6) is -0.198. The number of carbonyl (C=O) groups excluding carboxylic acids is 2. The molecule has 4 heterocycles. The molecule has 1 saturated heterocycles. The number of rotatable bonds is 9. The summed E-state index contributed by atoms with van der Waals surface area (Å²) in [6, 6.07) is 4.16. The van der Waals surface area contributed by atoms with Gasteiger partial charge in [0.1, 0.15) is 23.9 Å². The Morgan fingerprint density at radius 2 is 1.90 bits per heavy atom. The summed E-state index contributed by atoms with van der Waals surface area (Å²) in [6.07, 6.45) is 1.27. The number of aromatic nitrogens is 4. The predicted octanol–water partition coefficient (Wildman–Crippen LogP) is 4.61. The van der Waals surface area contributed by atoms with E-state index in [1.165, 1.54) is 41.2 Å². The van der Waals surface area contributed by atoms with Crippen LogP contribution in [0.25, 0.3) is 16.9 Å². The van der Waals surface area contributed by atoms with E-state index in [0.717, 1.165) is 19.1 Å². The highest BCUT2D eigenvalue weighted by Gasteiger charge is 2.39. The molecule has 0 radical (unpaired) electrons. The van der Waals surface area contributed by atoms with Crippen LogP contribution in [0.3, 0.4) is 0 Å². The van der Waals surface area contributed by atoms with E-state index in [9.17, 15) is 33.0 Å². The van der Waals surface area contributed by atoms with Crippen LogP contribution in [0.1, 0.15) is 48.2 Å². The number of hydrogen-bond acceptors (Lipinski definition) is 10. The van der Waals surface area contributed by atoms with Gasteiger partial charge in [0.2, 0.25) is 5.65 Å². The average molecular weight is 587 g/mol. The fraction of sp³-hybridized carbons (Fsp3) is 0.393. The molecule has 1 aliphatic heterocycles. The van der Waals surface area contributed by atoms with Crippen molar-refractivity contribution in [3.8, 4) is 28.6 Å². The molecule has 1 aromatic carbocycles. The average Bonchev–Trinajstić information content (AvgIpc) is 3.66. The van der Waals surface area contributed by atoms with Crippen molar-refractivity contribution >= 4 is 17.2 Å². The molecule has 0 bridgehead atoms. The summed E-state index contributed by atoms with van der Waals surface area (Å²) in [5, 5.41) is 23.2. The fourth-order valence-corrected chi connectivity index (χ4v) is 5.54. The Morgan fingerprint density at radius 3 is 2.62 bits per heavy atom. The number of phenols is 1. The molecule has 220 valence electrons. The second kappa shape index (κ2) is 10.8. The van der Waals surface area contributed by atoms with Gasteiger partial charge in [0, 0.05) is 37.7 Å². The Labute approximate surface area is 235 Å². The van der Waals surface area contributed by atoms with Crippen molar-refractivity contribution in [1.29, 1.82) is 0 Å². The lowest BCUT2D eigenvalue weighted by atomic mass is 9.70. The molecule has 0 unspecified atom stereocenters. The lowest BCUT2D eigenvalue weighted by Crippen LogP contribution is -2.31. The van der Waals surface area contributed by atoms with Gasteiger partial charge in [-0.3, -0.25) is 14.0 Å². The number of fused-ring (bicyclic) bond motifs is 1. The number of hydrogen-bond donors (Lipinski definition) is 2. The summed E-state index contributed by atoms with van der Waals surface area (Å²) in [4.78, 5) is 33.4. The fourth-order valence-electron chi connectivity index (χ4n) is 5.54. The van der Waals surface area contributed by atoms with Crippen molar-refractivity contribution in [2.24, 2.45) is 11.8 Å². The number of imidazole rings is 1. The smallest absolute Gasteiger partial charge is 0.437 e. The molecule has 1 aliphatic carbocycles. The van der Waals surface area contributed by atoms with Crippen LogP contribution in [0, 0.1) is 11.8 Å². The third-order valence-electron chi connectivity index (χ3n) is 7.63. The van der Waals surface area contributed by atoms with Crippen LogP contribution >= 0.6 is 0 Å². The quantitative estimate of drug-likeness (QED) is 0.266. The van der Waals surface area contributed by atoms with Gasteiger partial charge in [-0.15, -0.1) is 0 Å². The first kappa shape index (κ1) is 27.8. The first-order chi connectivity index (χ1) is 20.1. The lowest BCUT2D eigenvalue weighted by Gasteiger charge is -2.35. The second-order valence-electron chi connectivity index (χ2n) is 10.6. The van der Waals surface area contributed by atoms with Gasteiger partial charge < -0.3 is 24.2 Å². The van der Waals surface area contributed by atoms with Crippen molar-refractivity contribution in [2.75, 3.05) is 6.61 Å². The number of alkyl halides is 3. The van der Waals surface area contributed by atoms with Crippen LogP contribution < -0.4 is 4.74 Å². The van der Waals surface area contributed by atoms with Gasteiger partial charge in [-0.2, -0.15) is 13.2 Å². The van der Waals surface area contributed by atoms with Gasteiger partial charge in [-0.1, -0.05) is 5.16 Å². The molecule has 2 aliphatic rings. The van der Waals surface area contributed by atoms with Crippen LogP contribution in [0.2, 0.25) is 0 Å². The number of benzene rings is 1. The second-order valence-corrected chi connectivity index (χ2v) is 10.6. The van der Waals surface area contributed by atoms with Crippen molar-refractivity contribution in [3.63, 3.8) is 0 Å². The lowest BCUT2D eigenvalue weighted by molar-refractivity contribution is -0.142. The molecule has 6 rings (SSSR count). The largest absolute Gasteiger partial charge is 0.507 e. The number of ether oxygens (including phenoxy) is 2. The number of phenolic OH excluding ortho intramolecular Hbond substituents is 1. The summed E-state index contributed by atoms with van der Waals surface area (Å²) >= 11 is 0. The van der Waals surface area contributed by atoms with Gasteiger partial charge >= 0.3 is 6.18 Å². The van der Waals surface area contributed by atoms with E-state index in [0.29, 0.717) is 12.8 Å². The SMILES string of the molecule is O=C(CC1CC(CC(=O)[C@@H]2C[C@@H](O)CO2)C1)c1ccc(Oc2nccn3c(-c4conc4C(F)(F)F)cnc23)cc1O. The van der Waals surface area contributed by atoms with Crippen LogP contribution in [0.15, 0.2) is 47.6 Å². The molecule has 14 heteroatoms. The van der Waals surface area contributed by atoms with E-state index in [-0.39, 0.29) is 76.3 Å². The highest BCUT2D eigenvalue weighted by molar-refractivity contribution is 5.99. The van der Waals surface area contributed by atoms with Crippen LogP contribution in [0.4, 0.5) is 13.2 Å². The number of halogens is 3. The summed E-state index contributed by atoms with van der Waals surface area (Å²) in [5.41, 5.74) is -1.21. The topological polar surface area (TPSA) is 149 Å². The van der Waals surface area contributed by atoms with E-state index in [2.05, 4.69) is 19.6 Å². The molecule has 0 spiro atoms. The minimum Gasteiger partial charge on any atom is -0.507 e. The minimum atomic E-state index is -4.73. The minimum absolute atomic E-state index is 0.0177. The van der Waals surface area contributed by atoms with Crippen molar-refractivity contribution in [3.05, 3.63) is 54.3 Å².